The third-order valence-electron chi connectivity index (χ3n) is 4.26. The summed E-state index contributed by atoms with van der Waals surface area (Å²) >= 11 is 0. The molecule has 0 saturated heterocycles. The number of sulfonamides is 1. The molecule has 0 amide bonds. The van der Waals surface area contributed by atoms with Crippen molar-refractivity contribution in [2.75, 3.05) is 6.54 Å². The first-order chi connectivity index (χ1) is 13.0. The number of furan rings is 1. The maximum Gasteiger partial charge on any atom is 0.238 e. The molecule has 0 saturated carbocycles. The van der Waals surface area contributed by atoms with Gasteiger partial charge in [-0.25, -0.2) is 18.5 Å². The summed E-state index contributed by atoms with van der Waals surface area (Å²) in [6.45, 7) is 1.13. The molecule has 1 heterocycles. The van der Waals surface area contributed by atoms with Crippen LogP contribution in [0.1, 0.15) is 24.2 Å². The Bertz CT molecular complexity index is 880. The topological polar surface area (TPSA) is 110 Å². The number of aliphatic imine (C=N–C) groups is 1. The Morgan fingerprint density at radius 2 is 1.93 bits per heavy atom. The lowest BCUT2D eigenvalue weighted by atomic mass is 10.2. The monoisotopic (exact) mass is 388 g/mol. The fourth-order valence-electron chi connectivity index (χ4n) is 2.79. The predicted molar refractivity (Wildman–Crippen MR) is 105 cm³/mol. The molecule has 27 heavy (non-hydrogen) atoms. The number of hydrogen-bond acceptors (Lipinski definition) is 4. The number of benzene rings is 1. The Morgan fingerprint density at radius 1 is 1.19 bits per heavy atom. The second-order valence-corrected chi connectivity index (χ2v) is 7.96. The van der Waals surface area contributed by atoms with Crippen molar-refractivity contribution in [1.29, 1.82) is 0 Å². The van der Waals surface area contributed by atoms with Gasteiger partial charge in [-0.3, -0.25) is 0 Å². The number of guanidine groups is 1. The Balaban J connectivity index is 1.61. The molecule has 3 rings (SSSR count). The Hall–Kier alpha value is -2.58. The van der Waals surface area contributed by atoms with E-state index in [4.69, 9.17) is 9.56 Å². The molecule has 1 aliphatic rings. The lowest BCUT2D eigenvalue weighted by Gasteiger charge is -2.17. The number of nitrogens with two attached hydrogens (primary N) is 1. The summed E-state index contributed by atoms with van der Waals surface area (Å²) < 4.78 is 28.0. The van der Waals surface area contributed by atoms with Crippen LogP contribution in [0.4, 0.5) is 0 Å². The van der Waals surface area contributed by atoms with Crippen LogP contribution in [0.2, 0.25) is 0 Å². The van der Waals surface area contributed by atoms with Gasteiger partial charge in [-0.1, -0.05) is 24.3 Å². The van der Waals surface area contributed by atoms with Crippen molar-refractivity contribution in [3.8, 4) is 0 Å². The van der Waals surface area contributed by atoms with E-state index >= 15 is 0 Å². The van der Waals surface area contributed by atoms with Gasteiger partial charge in [-0.2, -0.15) is 0 Å². The van der Waals surface area contributed by atoms with Gasteiger partial charge in [-0.15, -0.1) is 0 Å². The van der Waals surface area contributed by atoms with Gasteiger partial charge in [0.25, 0.3) is 0 Å². The highest BCUT2D eigenvalue weighted by molar-refractivity contribution is 7.89. The fraction of sp³-hybridized carbons (Fsp3) is 0.316. The normalized spacial score (nSPS) is 15.2. The molecule has 8 heteroatoms. The van der Waals surface area contributed by atoms with Gasteiger partial charge < -0.3 is 15.1 Å². The summed E-state index contributed by atoms with van der Waals surface area (Å²) in [6, 6.07) is 10.6. The molecule has 0 spiro atoms. The summed E-state index contributed by atoms with van der Waals surface area (Å²) in [6.07, 6.45) is 8.69. The minimum Gasteiger partial charge on any atom is -0.469 e. The van der Waals surface area contributed by atoms with Crippen LogP contribution in [0.5, 0.6) is 0 Å². The molecular weight excluding hydrogens is 364 g/mol. The summed E-state index contributed by atoms with van der Waals surface area (Å²) in [5.74, 6) is 1.65. The number of nitrogens with zero attached hydrogens (tertiary/aromatic N) is 1. The van der Waals surface area contributed by atoms with Gasteiger partial charge >= 0.3 is 0 Å². The standard InChI is InChI=1S/C19H24N4O3S/c20-27(24,25)18-9-7-15(8-10-18)14-22-19(23-16-4-1-2-5-16)21-12-11-17-6-3-13-26-17/h1-3,6-10,13,16H,4-5,11-12,14H2,(H2,20,24,25)(H2,21,22,23). The molecule has 0 aliphatic heterocycles. The van der Waals surface area contributed by atoms with Gasteiger partial charge in [0.1, 0.15) is 5.76 Å². The van der Waals surface area contributed by atoms with E-state index in [0.29, 0.717) is 19.1 Å². The van der Waals surface area contributed by atoms with E-state index in [2.05, 4.69) is 27.8 Å². The highest BCUT2D eigenvalue weighted by atomic mass is 32.2. The Morgan fingerprint density at radius 3 is 2.56 bits per heavy atom. The molecule has 0 atom stereocenters. The zero-order chi connectivity index (χ0) is 19.1. The highest BCUT2D eigenvalue weighted by Crippen LogP contribution is 2.11. The zero-order valence-electron chi connectivity index (χ0n) is 15.0. The van der Waals surface area contributed by atoms with Crippen LogP contribution >= 0.6 is 0 Å². The van der Waals surface area contributed by atoms with Gasteiger partial charge in [0, 0.05) is 19.0 Å². The van der Waals surface area contributed by atoms with Crippen molar-refractivity contribution in [2.45, 2.75) is 36.7 Å². The molecule has 0 unspecified atom stereocenters. The van der Waals surface area contributed by atoms with E-state index < -0.39 is 10.0 Å². The number of rotatable bonds is 7. The quantitative estimate of drug-likeness (QED) is 0.381. The third-order valence-corrected chi connectivity index (χ3v) is 5.19. The summed E-state index contributed by atoms with van der Waals surface area (Å²) in [4.78, 5) is 4.72. The maximum atomic E-state index is 11.3. The first kappa shape index (κ1) is 19.2. The minimum absolute atomic E-state index is 0.0992. The van der Waals surface area contributed by atoms with Crippen LogP contribution in [-0.2, 0) is 23.0 Å². The molecule has 2 aromatic rings. The first-order valence-electron chi connectivity index (χ1n) is 8.85. The van der Waals surface area contributed by atoms with Gasteiger partial charge in [0.15, 0.2) is 5.96 Å². The summed E-state index contributed by atoms with van der Waals surface area (Å²) in [5.41, 5.74) is 0.902. The zero-order valence-corrected chi connectivity index (χ0v) is 15.8. The SMILES string of the molecule is NS(=O)(=O)c1ccc(CN=C(NCCc2ccco2)NC2CC=CC2)cc1. The minimum atomic E-state index is -3.68. The molecule has 7 nitrogen and oxygen atoms in total. The Kier molecular flexibility index (Phi) is 6.31. The molecule has 1 aromatic carbocycles. The molecule has 1 aromatic heterocycles. The second kappa shape index (κ2) is 8.88. The second-order valence-electron chi connectivity index (χ2n) is 6.39. The van der Waals surface area contributed by atoms with Crippen LogP contribution in [0.15, 0.2) is 69.1 Å². The van der Waals surface area contributed by atoms with Gasteiger partial charge in [0.2, 0.25) is 10.0 Å². The summed E-state index contributed by atoms with van der Waals surface area (Å²) in [5, 5.41) is 11.9. The molecule has 144 valence electrons. The average Bonchev–Trinajstić information content (AvgIpc) is 3.33. The van der Waals surface area contributed by atoms with E-state index in [0.717, 1.165) is 36.5 Å². The van der Waals surface area contributed by atoms with E-state index in [1.165, 1.54) is 12.1 Å². The lowest BCUT2D eigenvalue weighted by molar-refractivity contribution is 0.506. The lowest BCUT2D eigenvalue weighted by Crippen LogP contribution is -2.43. The predicted octanol–water partition coefficient (Wildman–Crippen LogP) is 1.92. The first-order valence-corrected chi connectivity index (χ1v) is 10.4. The molecule has 4 N–H and O–H groups in total. The third kappa shape index (κ3) is 5.97. The fourth-order valence-corrected chi connectivity index (χ4v) is 3.31. The molecule has 0 radical (unpaired) electrons. The van der Waals surface area contributed by atoms with Crippen molar-refractivity contribution < 1.29 is 12.8 Å². The van der Waals surface area contributed by atoms with E-state index in [1.54, 1.807) is 18.4 Å². The van der Waals surface area contributed by atoms with E-state index in [-0.39, 0.29) is 4.90 Å². The number of primary sulfonamides is 1. The largest absolute Gasteiger partial charge is 0.469 e. The van der Waals surface area contributed by atoms with Crippen LogP contribution in [0.3, 0.4) is 0 Å². The molecule has 1 aliphatic carbocycles. The Labute approximate surface area is 159 Å². The van der Waals surface area contributed by atoms with Crippen LogP contribution in [0, 0.1) is 0 Å². The van der Waals surface area contributed by atoms with Crippen molar-refractivity contribution >= 4 is 16.0 Å². The molecule has 0 bridgehead atoms. The smallest absolute Gasteiger partial charge is 0.238 e. The molecular formula is C19H24N4O3S. The van der Waals surface area contributed by atoms with Crippen LogP contribution < -0.4 is 15.8 Å². The maximum absolute atomic E-state index is 11.3. The van der Waals surface area contributed by atoms with E-state index in [9.17, 15) is 8.42 Å². The van der Waals surface area contributed by atoms with E-state index in [1.807, 2.05) is 12.1 Å². The van der Waals surface area contributed by atoms with Crippen molar-refractivity contribution in [1.82, 2.24) is 10.6 Å². The van der Waals surface area contributed by atoms with Crippen molar-refractivity contribution in [2.24, 2.45) is 10.1 Å². The van der Waals surface area contributed by atoms with Crippen LogP contribution in [-0.4, -0.2) is 27.0 Å². The van der Waals surface area contributed by atoms with Crippen molar-refractivity contribution in [3.63, 3.8) is 0 Å². The van der Waals surface area contributed by atoms with Crippen molar-refractivity contribution in [3.05, 3.63) is 66.1 Å². The highest BCUT2D eigenvalue weighted by Gasteiger charge is 2.12. The van der Waals surface area contributed by atoms with Crippen LogP contribution in [0.25, 0.3) is 0 Å². The number of hydrogen-bond donors (Lipinski definition) is 3. The van der Waals surface area contributed by atoms with Gasteiger partial charge in [0.05, 0.1) is 17.7 Å². The average molecular weight is 388 g/mol. The molecule has 0 fully saturated rings. The number of nitrogens with one attached hydrogen (secondary N) is 2. The van der Waals surface area contributed by atoms with Gasteiger partial charge in [-0.05, 0) is 42.7 Å². The summed E-state index contributed by atoms with van der Waals surface area (Å²) in [7, 11) is -3.68.